The van der Waals surface area contributed by atoms with E-state index < -0.39 is 29.7 Å². The van der Waals surface area contributed by atoms with E-state index in [-0.39, 0.29) is 42.0 Å². The predicted molar refractivity (Wildman–Crippen MR) is 142 cm³/mol. The van der Waals surface area contributed by atoms with Crippen molar-refractivity contribution in [3.63, 3.8) is 0 Å². The summed E-state index contributed by atoms with van der Waals surface area (Å²) in [6.07, 6.45) is -0.258. The van der Waals surface area contributed by atoms with Gasteiger partial charge in [-0.2, -0.15) is 4.68 Å². The third-order valence-corrected chi connectivity index (χ3v) is 5.39. The largest absolute Gasteiger partial charge is 0.488 e. The standard InChI is InChI=1S/C25H28ClFN6O6/c1-5-38-22(34)20(30-37-4)14-32-24(35)31(13-16-6-8-17(26)9-7-16)23(33(28)25(32)36)29-18-10-11-21(19(27)12-18)39-15(2)3/h6-12,15H,5,13-14,28H2,1-4H3/b29-23?,30-20+. The van der Waals surface area contributed by atoms with Crippen molar-refractivity contribution in [1.29, 1.82) is 0 Å². The zero-order valence-corrected chi connectivity index (χ0v) is 22.5. The molecule has 0 aliphatic heterocycles. The second-order valence-electron chi connectivity index (χ2n) is 8.37. The summed E-state index contributed by atoms with van der Waals surface area (Å²) in [5.74, 6) is 4.54. The van der Waals surface area contributed by atoms with E-state index in [0.717, 1.165) is 10.6 Å². The molecule has 0 amide bonds. The molecule has 0 saturated heterocycles. The van der Waals surface area contributed by atoms with Gasteiger partial charge in [0.25, 0.3) is 0 Å². The Bertz CT molecular complexity index is 1560. The molecule has 2 N–H and O–H groups in total. The summed E-state index contributed by atoms with van der Waals surface area (Å²) in [5, 5.41) is 4.07. The van der Waals surface area contributed by atoms with Crippen LogP contribution >= 0.6 is 11.6 Å². The fraction of sp³-hybridized carbons (Fsp3) is 0.320. The van der Waals surface area contributed by atoms with Crippen LogP contribution in [0.5, 0.6) is 5.75 Å². The molecule has 1 aromatic heterocycles. The molecule has 12 nitrogen and oxygen atoms in total. The van der Waals surface area contributed by atoms with Crippen LogP contribution in [-0.4, -0.2) is 45.3 Å². The maximum Gasteiger partial charge on any atom is 0.358 e. The number of carbonyl (C=O) groups excluding carboxylic acids is 1. The molecule has 0 fully saturated rings. The highest BCUT2D eigenvalue weighted by molar-refractivity contribution is 6.36. The Morgan fingerprint density at radius 2 is 1.79 bits per heavy atom. The van der Waals surface area contributed by atoms with Gasteiger partial charge in [-0.3, -0.25) is 4.57 Å². The minimum atomic E-state index is -1.01. The Labute approximate surface area is 227 Å². The van der Waals surface area contributed by atoms with Gasteiger partial charge in [0.15, 0.2) is 17.3 Å². The first-order chi connectivity index (χ1) is 18.5. The van der Waals surface area contributed by atoms with Gasteiger partial charge in [0.05, 0.1) is 31.5 Å². The Kier molecular flexibility index (Phi) is 9.66. The number of nitrogens with zero attached hydrogens (tertiary/aromatic N) is 5. The highest BCUT2D eigenvalue weighted by atomic mass is 35.5. The van der Waals surface area contributed by atoms with Crippen LogP contribution in [0.1, 0.15) is 26.3 Å². The van der Waals surface area contributed by atoms with Gasteiger partial charge in [-0.05, 0) is 50.6 Å². The lowest BCUT2D eigenvalue weighted by Gasteiger charge is -2.15. The molecule has 208 valence electrons. The number of aromatic nitrogens is 3. The Balaban J connectivity index is 2.24. The molecule has 0 radical (unpaired) electrons. The summed E-state index contributed by atoms with van der Waals surface area (Å²) in [6.45, 7) is 4.43. The highest BCUT2D eigenvalue weighted by Gasteiger charge is 2.21. The van der Waals surface area contributed by atoms with E-state index >= 15 is 0 Å². The van der Waals surface area contributed by atoms with Crippen molar-refractivity contribution in [2.45, 2.75) is 40.0 Å². The summed E-state index contributed by atoms with van der Waals surface area (Å²) in [5.41, 5.74) is -1.83. The minimum Gasteiger partial charge on any atom is -0.488 e. The minimum absolute atomic E-state index is 0.0162. The van der Waals surface area contributed by atoms with Gasteiger partial charge in [-0.25, -0.2) is 28.3 Å². The zero-order valence-electron chi connectivity index (χ0n) is 21.8. The molecule has 1 heterocycles. The third kappa shape index (κ3) is 7.13. The summed E-state index contributed by atoms with van der Waals surface area (Å²) in [4.78, 5) is 48.1. The van der Waals surface area contributed by atoms with Crippen LogP contribution in [0.25, 0.3) is 0 Å². The smallest absolute Gasteiger partial charge is 0.358 e. The highest BCUT2D eigenvalue weighted by Crippen LogP contribution is 2.23. The number of rotatable bonds is 10. The molecule has 0 atom stereocenters. The predicted octanol–water partition coefficient (Wildman–Crippen LogP) is 1.95. The lowest BCUT2D eigenvalue weighted by atomic mass is 10.2. The summed E-state index contributed by atoms with van der Waals surface area (Å²) in [7, 11) is 1.20. The number of hydrogen-bond donors (Lipinski definition) is 1. The fourth-order valence-electron chi connectivity index (χ4n) is 3.45. The number of ether oxygens (including phenoxy) is 2. The number of halogens is 2. The van der Waals surface area contributed by atoms with Crippen molar-refractivity contribution in [3.8, 4) is 5.75 Å². The maximum atomic E-state index is 14.6. The molecule has 2 aromatic carbocycles. The van der Waals surface area contributed by atoms with E-state index in [1.54, 1.807) is 45.0 Å². The summed E-state index contributed by atoms with van der Waals surface area (Å²) >= 11 is 5.99. The lowest BCUT2D eigenvalue weighted by Crippen LogP contribution is -2.58. The van der Waals surface area contributed by atoms with Crippen molar-refractivity contribution in [1.82, 2.24) is 13.8 Å². The van der Waals surface area contributed by atoms with Crippen LogP contribution in [-0.2, 0) is 27.5 Å². The molecule has 14 heteroatoms. The average Bonchev–Trinajstić information content (AvgIpc) is 2.89. The van der Waals surface area contributed by atoms with Crippen molar-refractivity contribution in [2.75, 3.05) is 19.6 Å². The Morgan fingerprint density at radius 3 is 2.38 bits per heavy atom. The van der Waals surface area contributed by atoms with Crippen molar-refractivity contribution >= 4 is 29.0 Å². The first kappa shape index (κ1) is 29.2. The number of hydrogen-bond acceptors (Lipinski definition) is 9. The van der Waals surface area contributed by atoms with Gasteiger partial charge >= 0.3 is 17.3 Å². The van der Waals surface area contributed by atoms with Gasteiger partial charge in [0.2, 0.25) is 5.62 Å². The molecular weight excluding hydrogens is 535 g/mol. The topological polar surface area (TPSA) is 144 Å². The van der Waals surface area contributed by atoms with E-state index in [9.17, 15) is 18.8 Å². The van der Waals surface area contributed by atoms with Crippen LogP contribution < -0.4 is 27.6 Å². The quantitative estimate of drug-likeness (QED) is 0.172. The van der Waals surface area contributed by atoms with Crippen molar-refractivity contribution in [3.05, 3.63) is 85.5 Å². The molecule has 0 saturated carbocycles. The molecule has 0 unspecified atom stereocenters. The summed E-state index contributed by atoms with van der Waals surface area (Å²) in [6, 6.07) is 10.5. The lowest BCUT2D eigenvalue weighted by molar-refractivity contribution is -0.135. The van der Waals surface area contributed by atoms with E-state index in [4.69, 9.17) is 26.9 Å². The average molecular weight is 563 g/mol. The molecule has 0 aliphatic carbocycles. The van der Waals surface area contributed by atoms with Crippen LogP contribution in [0.2, 0.25) is 5.02 Å². The maximum absolute atomic E-state index is 14.6. The van der Waals surface area contributed by atoms with Crippen molar-refractivity contribution < 1.29 is 23.5 Å². The van der Waals surface area contributed by atoms with Crippen LogP contribution in [0.3, 0.4) is 0 Å². The number of oxime groups is 1. The molecule has 0 aliphatic rings. The van der Waals surface area contributed by atoms with E-state index in [0.29, 0.717) is 19.8 Å². The number of carbonyl (C=O) groups is 1. The SMILES string of the molecule is CCOC(=O)/C(Cn1c(=O)n(N)c(=Nc2ccc(OC(C)C)c(F)c2)n(Cc2ccc(Cl)cc2)c1=O)=N/OC. The normalized spacial score (nSPS) is 12.1. The number of nitrogen functional groups attached to an aromatic ring is 1. The van der Waals surface area contributed by atoms with Gasteiger partial charge < -0.3 is 20.2 Å². The van der Waals surface area contributed by atoms with Crippen molar-refractivity contribution in [2.24, 2.45) is 10.1 Å². The zero-order chi connectivity index (χ0) is 28.7. The second-order valence-corrected chi connectivity index (χ2v) is 8.80. The molecular formula is C25H28ClFN6O6. The third-order valence-electron chi connectivity index (χ3n) is 5.14. The summed E-state index contributed by atoms with van der Waals surface area (Å²) < 4.78 is 27.4. The van der Waals surface area contributed by atoms with Gasteiger partial charge in [-0.1, -0.05) is 28.9 Å². The molecule has 39 heavy (non-hydrogen) atoms. The van der Waals surface area contributed by atoms with Crippen LogP contribution in [0, 0.1) is 5.82 Å². The second kappa shape index (κ2) is 12.9. The monoisotopic (exact) mass is 562 g/mol. The van der Waals surface area contributed by atoms with E-state index in [2.05, 4.69) is 15.0 Å². The number of benzene rings is 2. The Morgan fingerprint density at radius 1 is 1.10 bits per heavy atom. The van der Waals surface area contributed by atoms with Crippen LogP contribution in [0.4, 0.5) is 10.1 Å². The first-order valence-electron chi connectivity index (χ1n) is 11.8. The van der Waals surface area contributed by atoms with E-state index in [1.165, 1.54) is 19.2 Å². The fourth-order valence-corrected chi connectivity index (χ4v) is 3.57. The van der Waals surface area contributed by atoms with Gasteiger partial charge in [-0.15, -0.1) is 0 Å². The molecule has 3 aromatic rings. The molecule has 3 rings (SSSR count). The molecule has 0 spiro atoms. The number of esters is 1. The van der Waals surface area contributed by atoms with E-state index in [1.807, 2.05) is 0 Å². The van der Waals surface area contributed by atoms with Gasteiger partial charge in [0, 0.05) is 11.1 Å². The first-order valence-corrected chi connectivity index (χ1v) is 12.2. The Hall–Kier alpha value is -4.39. The number of nitrogens with two attached hydrogens (primary N) is 1. The molecule has 0 bridgehead atoms. The van der Waals surface area contributed by atoms with Crippen LogP contribution in [0.15, 0.2) is 62.2 Å². The van der Waals surface area contributed by atoms with Gasteiger partial charge in [0.1, 0.15) is 7.11 Å².